The van der Waals surface area contributed by atoms with Gasteiger partial charge in [-0.25, -0.2) is 4.39 Å². The SMILES string of the molecule is CO[C@H]1CCCN(C2COC2)[C@H]1Cc1cccc(F)c1. The van der Waals surface area contributed by atoms with Crippen molar-refractivity contribution in [3.8, 4) is 0 Å². The number of rotatable bonds is 4. The van der Waals surface area contributed by atoms with Gasteiger partial charge in [0, 0.05) is 13.2 Å². The van der Waals surface area contributed by atoms with Crippen molar-refractivity contribution in [1.82, 2.24) is 4.90 Å². The van der Waals surface area contributed by atoms with Crippen LogP contribution in [0, 0.1) is 5.82 Å². The summed E-state index contributed by atoms with van der Waals surface area (Å²) in [6, 6.07) is 7.74. The van der Waals surface area contributed by atoms with Gasteiger partial charge in [0.05, 0.1) is 25.4 Å². The standard InChI is InChI=1S/C16H22FNO2/c1-19-16-6-3-7-18(14-10-20-11-14)15(16)9-12-4-2-5-13(17)8-12/h2,4-5,8,14-16H,3,6-7,9-11H2,1H3/t15-,16-/m0/s1. The number of methoxy groups -OCH3 is 1. The molecule has 1 aromatic rings. The van der Waals surface area contributed by atoms with Gasteiger partial charge in [0.2, 0.25) is 0 Å². The molecule has 1 aromatic carbocycles. The maximum atomic E-state index is 13.4. The first-order chi connectivity index (χ1) is 9.78. The van der Waals surface area contributed by atoms with E-state index >= 15 is 0 Å². The number of benzene rings is 1. The molecule has 2 heterocycles. The second-order valence-electron chi connectivity index (χ2n) is 5.75. The van der Waals surface area contributed by atoms with Gasteiger partial charge < -0.3 is 9.47 Å². The zero-order valence-corrected chi connectivity index (χ0v) is 11.9. The average Bonchev–Trinajstić information content (AvgIpc) is 2.38. The average molecular weight is 279 g/mol. The second-order valence-corrected chi connectivity index (χ2v) is 5.75. The highest BCUT2D eigenvalue weighted by molar-refractivity contribution is 5.18. The lowest BCUT2D eigenvalue weighted by Crippen LogP contribution is -2.60. The van der Waals surface area contributed by atoms with Gasteiger partial charge in [-0.15, -0.1) is 0 Å². The highest BCUT2D eigenvalue weighted by Crippen LogP contribution is 2.27. The van der Waals surface area contributed by atoms with E-state index in [2.05, 4.69) is 4.90 Å². The third-order valence-corrected chi connectivity index (χ3v) is 4.49. The predicted octanol–water partition coefficient (Wildman–Crippen LogP) is 2.25. The lowest BCUT2D eigenvalue weighted by molar-refractivity contribution is -0.117. The Labute approximate surface area is 119 Å². The van der Waals surface area contributed by atoms with Crippen molar-refractivity contribution < 1.29 is 13.9 Å². The first-order valence-electron chi connectivity index (χ1n) is 7.38. The van der Waals surface area contributed by atoms with Crippen LogP contribution >= 0.6 is 0 Å². The van der Waals surface area contributed by atoms with Crippen LogP contribution in [-0.2, 0) is 15.9 Å². The molecule has 2 saturated heterocycles. The number of hydrogen-bond donors (Lipinski definition) is 0. The van der Waals surface area contributed by atoms with Crippen LogP contribution in [0.1, 0.15) is 18.4 Å². The zero-order valence-electron chi connectivity index (χ0n) is 11.9. The molecule has 0 bridgehead atoms. The summed E-state index contributed by atoms with van der Waals surface area (Å²) in [5.74, 6) is -0.161. The third kappa shape index (κ3) is 2.87. The van der Waals surface area contributed by atoms with Crippen molar-refractivity contribution in [3.63, 3.8) is 0 Å². The van der Waals surface area contributed by atoms with Gasteiger partial charge in [-0.2, -0.15) is 0 Å². The van der Waals surface area contributed by atoms with Crippen LogP contribution in [0.15, 0.2) is 24.3 Å². The lowest BCUT2D eigenvalue weighted by atomic mass is 9.91. The van der Waals surface area contributed by atoms with Crippen LogP contribution in [0.2, 0.25) is 0 Å². The number of ether oxygens (including phenoxy) is 2. The Kier molecular flexibility index (Phi) is 4.34. The van der Waals surface area contributed by atoms with Crippen LogP contribution in [0.4, 0.5) is 4.39 Å². The maximum absolute atomic E-state index is 13.4. The molecule has 0 unspecified atom stereocenters. The van der Waals surface area contributed by atoms with Gasteiger partial charge in [0.1, 0.15) is 5.82 Å². The molecule has 2 fully saturated rings. The Hall–Kier alpha value is -0.970. The Balaban J connectivity index is 1.77. The number of halogens is 1. The summed E-state index contributed by atoms with van der Waals surface area (Å²) in [6.07, 6.45) is 3.31. The maximum Gasteiger partial charge on any atom is 0.123 e. The first kappa shape index (κ1) is 14.0. The Morgan fingerprint density at radius 1 is 1.40 bits per heavy atom. The second kappa shape index (κ2) is 6.20. The van der Waals surface area contributed by atoms with Gasteiger partial charge in [0.25, 0.3) is 0 Å². The molecule has 3 rings (SSSR count). The fourth-order valence-corrected chi connectivity index (χ4v) is 3.34. The minimum Gasteiger partial charge on any atom is -0.380 e. The molecule has 0 aliphatic carbocycles. The molecule has 0 aromatic heterocycles. The van der Waals surface area contributed by atoms with Crippen molar-refractivity contribution in [2.45, 2.75) is 37.5 Å². The summed E-state index contributed by atoms with van der Waals surface area (Å²) in [5.41, 5.74) is 1.05. The number of piperidine rings is 1. The van der Waals surface area contributed by atoms with Crippen LogP contribution < -0.4 is 0 Å². The highest BCUT2D eigenvalue weighted by atomic mass is 19.1. The van der Waals surface area contributed by atoms with Gasteiger partial charge in [0.15, 0.2) is 0 Å². The zero-order chi connectivity index (χ0) is 13.9. The monoisotopic (exact) mass is 279 g/mol. The van der Waals surface area contributed by atoms with Crippen molar-refractivity contribution in [2.75, 3.05) is 26.9 Å². The van der Waals surface area contributed by atoms with E-state index in [0.717, 1.165) is 44.6 Å². The topological polar surface area (TPSA) is 21.7 Å². The number of nitrogens with zero attached hydrogens (tertiary/aromatic N) is 1. The largest absolute Gasteiger partial charge is 0.380 e. The van der Waals surface area contributed by atoms with E-state index in [1.54, 1.807) is 19.2 Å². The van der Waals surface area contributed by atoms with Gasteiger partial charge in [-0.3, -0.25) is 4.90 Å². The van der Waals surface area contributed by atoms with Crippen molar-refractivity contribution in [1.29, 1.82) is 0 Å². The lowest BCUT2D eigenvalue weighted by Gasteiger charge is -2.47. The fourth-order valence-electron chi connectivity index (χ4n) is 3.34. The number of hydrogen-bond acceptors (Lipinski definition) is 3. The number of likely N-dealkylation sites (tertiary alicyclic amines) is 1. The van der Waals surface area contributed by atoms with Crippen molar-refractivity contribution in [2.24, 2.45) is 0 Å². The molecule has 2 atom stereocenters. The molecule has 0 radical (unpaired) electrons. The highest BCUT2D eigenvalue weighted by Gasteiger charge is 2.38. The molecule has 3 nitrogen and oxygen atoms in total. The molecule has 0 N–H and O–H groups in total. The Morgan fingerprint density at radius 3 is 2.90 bits per heavy atom. The minimum atomic E-state index is -0.161. The quantitative estimate of drug-likeness (QED) is 0.844. The summed E-state index contributed by atoms with van der Waals surface area (Å²) in [5, 5.41) is 0. The van der Waals surface area contributed by atoms with Crippen LogP contribution in [0.3, 0.4) is 0 Å². The van der Waals surface area contributed by atoms with Gasteiger partial charge in [-0.05, 0) is 43.5 Å². The smallest absolute Gasteiger partial charge is 0.123 e. The molecule has 0 saturated carbocycles. The van der Waals surface area contributed by atoms with Crippen LogP contribution in [-0.4, -0.2) is 50.0 Å². The molecular formula is C16H22FNO2. The summed E-state index contributed by atoms with van der Waals surface area (Å²) < 4.78 is 24.4. The van der Waals surface area contributed by atoms with E-state index in [1.807, 2.05) is 6.07 Å². The minimum absolute atomic E-state index is 0.161. The van der Waals surface area contributed by atoms with Gasteiger partial charge >= 0.3 is 0 Å². The van der Waals surface area contributed by atoms with Crippen molar-refractivity contribution in [3.05, 3.63) is 35.6 Å². The molecular weight excluding hydrogens is 257 g/mol. The van der Waals surface area contributed by atoms with E-state index in [0.29, 0.717) is 12.1 Å². The third-order valence-electron chi connectivity index (χ3n) is 4.49. The Morgan fingerprint density at radius 2 is 2.25 bits per heavy atom. The van der Waals surface area contributed by atoms with E-state index in [-0.39, 0.29) is 11.9 Å². The van der Waals surface area contributed by atoms with Crippen LogP contribution in [0.5, 0.6) is 0 Å². The van der Waals surface area contributed by atoms with E-state index in [4.69, 9.17) is 9.47 Å². The normalized spacial score (nSPS) is 28.3. The Bertz CT molecular complexity index is 450. The molecule has 20 heavy (non-hydrogen) atoms. The molecule has 0 spiro atoms. The molecule has 2 aliphatic rings. The molecule has 0 amide bonds. The molecule has 110 valence electrons. The molecule has 2 aliphatic heterocycles. The van der Waals surface area contributed by atoms with E-state index < -0.39 is 0 Å². The first-order valence-corrected chi connectivity index (χ1v) is 7.38. The summed E-state index contributed by atoms with van der Waals surface area (Å²) in [4.78, 5) is 2.51. The summed E-state index contributed by atoms with van der Waals surface area (Å²) in [7, 11) is 1.78. The fraction of sp³-hybridized carbons (Fsp3) is 0.625. The van der Waals surface area contributed by atoms with Crippen molar-refractivity contribution >= 4 is 0 Å². The predicted molar refractivity (Wildman–Crippen MR) is 75.2 cm³/mol. The van der Waals surface area contributed by atoms with Crippen LogP contribution in [0.25, 0.3) is 0 Å². The summed E-state index contributed by atoms with van der Waals surface area (Å²) in [6.45, 7) is 2.72. The molecule has 4 heteroatoms. The van der Waals surface area contributed by atoms with Gasteiger partial charge in [-0.1, -0.05) is 12.1 Å². The summed E-state index contributed by atoms with van der Waals surface area (Å²) >= 11 is 0. The van der Waals surface area contributed by atoms with E-state index in [1.165, 1.54) is 6.07 Å². The van der Waals surface area contributed by atoms with E-state index in [9.17, 15) is 4.39 Å².